The van der Waals surface area contributed by atoms with Crippen molar-refractivity contribution in [2.45, 2.75) is 19.9 Å². The predicted octanol–water partition coefficient (Wildman–Crippen LogP) is 2.37. The fourth-order valence-corrected chi connectivity index (χ4v) is 1.80. The highest BCUT2D eigenvalue weighted by molar-refractivity contribution is 9.09. The van der Waals surface area contributed by atoms with Gasteiger partial charge in [-0.2, -0.15) is 4.37 Å². The second-order valence-corrected chi connectivity index (χ2v) is 4.24. The Morgan fingerprint density at radius 2 is 2.42 bits per heavy atom. The molecule has 1 aromatic rings. The van der Waals surface area contributed by atoms with Crippen LogP contribution in [-0.2, 0) is 0 Å². The zero-order valence-corrected chi connectivity index (χ0v) is 9.52. The molecule has 0 radical (unpaired) electrons. The van der Waals surface area contributed by atoms with Crippen molar-refractivity contribution in [3.8, 4) is 0 Å². The topological polar surface area (TPSA) is 37.8 Å². The van der Waals surface area contributed by atoms with Gasteiger partial charge in [-0.05, 0) is 12.8 Å². The molecule has 12 heavy (non-hydrogen) atoms. The van der Waals surface area contributed by atoms with Gasteiger partial charge in [0, 0.05) is 22.9 Å². The monoisotopic (exact) mass is 249 g/mol. The van der Waals surface area contributed by atoms with Gasteiger partial charge >= 0.3 is 0 Å². The molecule has 2 atom stereocenters. The van der Waals surface area contributed by atoms with Crippen molar-refractivity contribution in [1.29, 1.82) is 0 Å². The molecule has 1 N–H and O–H groups in total. The molecule has 0 amide bonds. The summed E-state index contributed by atoms with van der Waals surface area (Å²) in [5.74, 6) is 0.592. The van der Waals surface area contributed by atoms with Crippen LogP contribution < -0.4 is 5.32 Å². The van der Waals surface area contributed by atoms with Crippen molar-refractivity contribution >= 4 is 32.6 Å². The maximum absolute atomic E-state index is 4.05. The van der Waals surface area contributed by atoms with E-state index >= 15 is 0 Å². The molecule has 0 aliphatic rings. The third-order valence-electron chi connectivity index (χ3n) is 1.81. The molecular formula is C7H12BrN3S. The number of alkyl halides is 1. The third-order valence-corrected chi connectivity index (χ3v) is 3.43. The molecule has 3 nitrogen and oxygen atoms in total. The zero-order valence-electron chi connectivity index (χ0n) is 7.12. The molecule has 0 aliphatic heterocycles. The van der Waals surface area contributed by atoms with Crippen LogP contribution in [0.1, 0.15) is 13.8 Å². The Hall–Kier alpha value is -0.160. The van der Waals surface area contributed by atoms with Crippen molar-refractivity contribution in [2.24, 2.45) is 5.92 Å². The molecule has 2 unspecified atom stereocenters. The molecule has 0 saturated heterocycles. The van der Waals surface area contributed by atoms with E-state index in [0.29, 0.717) is 12.0 Å². The number of nitrogens with one attached hydrogen (secondary N) is 1. The van der Waals surface area contributed by atoms with E-state index in [2.05, 4.69) is 44.5 Å². The number of rotatable bonds is 4. The summed E-state index contributed by atoms with van der Waals surface area (Å²) in [4.78, 5) is 4.05. The normalized spacial score (nSPS) is 15.6. The highest BCUT2D eigenvalue weighted by Crippen LogP contribution is 2.14. The lowest BCUT2D eigenvalue weighted by molar-refractivity contribution is 0.572. The van der Waals surface area contributed by atoms with Crippen LogP contribution >= 0.6 is 27.5 Å². The van der Waals surface area contributed by atoms with Crippen LogP contribution in [0.3, 0.4) is 0 Å². The summed E-state index contributed by atoms with van der Waals surface area (Å²) in [5.41, 5.74) is 0. The van der Waals surface area contributed by atoms with E-state index in [-0.39, 0.29) is 0 Å². The highest BCUT2D eigenvalue weighted by atomic mass is 79.9. The Morgan fingerprint density at radius 3 is 2.92 bits per heavy atom. The summed E-state index contributed by atoms with van der Waals surface area (Å²) in [7, 11) is 0. The van der Waals surface area contributed by atoms with Gasteiger partial charge in [0.25, 0.3) is 0 Å². The first-order valence-electron chi connectivity index (χ1n) is 3.83. The summed E-state index contributed by atoms with van der Waals surface area (Å²) < 4.78 is 3.92. The maximum atomic E-state index is 4.05. The molecule has 1 aromatic heterocycles. The van der Waals surface area contributed by atoms with Gasteiger partial charge in [0.2, 0.25) is 5.13 Å². The summed E-state index contributed by atoms with van der Waals surface area (Å²) in [6.45, 7) is 4.33. The SMILES string of the molecule is CC(CBr)C(C)Nc1ncns1. The second kappa shape index (κ2) is 4.77. The van der Waals surface area contributed by atoms with Crippen LogP contribution in [-0.4, -0.2) is 20.7 Å². The predicted molar refractivity (Wildman–Crippen MR) is 56.0 cm³/mol. The smallest absolute Gasteiger partial charge is 0.202 e. The van der Waals surface area contributed by atoms with Crippen molar-refractivity contribution in [3.63, 3.8) is 0 Å². The number of halogens is 1. The molecule has 0 spiro atoms. The highest BCUT2D eigenvalue weighted by Gasteiger charge is 2.11. The minimum Gasteiger partial charge on any atom is -0.358 e. The first kappa shape index (κ1) is 9.92. The van der Waals surface area contributed by atoms with E-state index in [0.717, 1.165) is 10.5 Å². The van der Waals surface area contributed by atoms with Gasteiger partial charge < -0.3 is 5.32 Å². The average Bonchev–Trinajstić information content (AvgIpc) is 2.55. The Kier molecular flexibility index (Phi) is 3.94. The van der Waals surface area contributed by atoms with E-state index in [1.807, 2.05) is 0 Å². The first-order valence-corrected chi connectivity index (χ1v) is 5.72. The number of aromatic nitrogens is 2. The van der Waals surface area contributed by atoms with E-state index in [9.17, 15) is 0 Å². The third kappa shape index (κ3) is 2.71. The molecule has 1 rings (SSSR count). The molecule has 0 bridgehead atoms. The van der Waals surface area contributed by atoms with E-state index in [4.69, 9.17) is 0 Å². The van der Waals surface area contributed by atoms with E-state index in [1.165, 1.54) is 11.5 Å². The van der Waals surface area contributed by atoms with Gasteiger partial charge in [-0.25, -0.2) is 4.98 Å². The van der Waals surface area contributed by atoms with Crippen molar-refractivity contribution in [2.75, 3.05) is 10.6 Å². The minimum atomic E-state index is 0.428. The number of hydrogen-bond acceptors (Lipinski definition) is 4. The van der Waals surface area contributed by atoms with Crippen LogP contribution in [0.4, 0.5) is 5.13 Å². The lowest BCUT2D eigenvalue weighted by atomic mass is 10.1. The quantitative estimate of drug-likeness (QED) is 0.833. The molecule has 0 fully saturated rings. The molecule has 0 aromatic carbocycles. The summed E-state index contributed by atoms with van der Waals surface area (Å²) in [5, 5.41) is 5.19. The van der Waals surface area contributed by atoms with E-state index < -0.39 is 0 Å². The van der Waals surface area contributed by atoms with Gasteiger partial charge in [0.15, 0.2) is 0 Å². The number of nitrogens with zero attached hydrogens (tertiary/aromatic N) is 2. The number of hydrogen-bond donors (Lipinski definition) is 1. The van der Waals surface area contributed by atoms with Gasteiger partial charge in [-0.15, -0.1) is 0 Å². The maximum Gasteiger partial charge on any atom is 0.202 e. The first-order chi connectivity index (χ1) is 5.74. The molecule has 5 heteroatoms. The zero-order chi connectivity index (χ0) is 8.97. The molecule has 1 heterocycles. The summed E-state index contributed by atoms with van der Waals surface area (Å²) in [6.07, 6.45) is 1.57. The Bertz CT molecular complexity index is 214. The fourth-order valence-electron chi connectivity index (χ4n) is 0.707. The van der Waals surface area contributed by atoms with Crippen LogP contribution in [0.2, 0.25) is 0 Å². The van der Waals surface area contributed by atoms with Crippen molar-refractivity contribution in [1.82, 2.24) is 9.36 Å². The van der Waals surface area contributed by atoms with Gasteiger partial charge in [0.05, 0.1) is 0 Å². The van der Waals surface area contributed by atoms with Gasteiger partial charge in [0.1, 0.15) is 6.33 Å². The average molecular weight is 250 g/mol. The van der Waals surface area contributed by atoms with Crippen LogP contribution in [0.5, 0.6) is 0 Å². The lowest BCUT2D eigenvalue weighted by Gasteiger charge is -2.17. The van der Waals surface area contributed by atoms with Crippen LogP contribution in [0.15, 0.2) is 6.33 Å². The molecule has 0 saturated carbocycles. The Labute approximate surface area is 84.9 Å². The molecular weight excluding hydrogens is 238 g/mol. The van der Waals surface area contributed by atoms with E-state index in [1.54, 1.807) is 6.33 Å². The summed E-state index contributed by atoms with van der Waals surface area (Å²) in [6, 6.07) is 0.428. The van der Waals surface area contributed by atoms with Gasteiger partial charge in [-0.3, -0.25) is 0 Å². The van der Waals surface area contributed by atoms with Crippen LogP contribution in [0, 0.1) is 5.92 Å². The van der Waals surface area contributed by atoms with Crippen molar-refractivity contribution < 1.29 is 0 Å². The molecule has 0 aliphatic carbocycles. The minimum absolute atomic E-state index is 0.428. The summed E-state index contributed by atoms with van der Waals surface area (Å²) >= 11 is 4.84. The number of anilines is 1. The standard InChI is InChI=1S/C7H12BrN3S/c1-5(3-8)6(2)11-7-9-4-10-12-7/h4-6H,3H2,1-2H3,(H,9,10,11). The molecule has 68 valence electrons. The Balaban J connectivity index is 2.41. The Morgan fingerprint density at radius 1 is 1.67 bits per heavy atom. The van der Waals surface area contributed by atoms with Gasteiger partial charge in [-0.1, -0.05) is 22.9 Å². The van der Waals surface area contributed by atoms with Crippen LogP contribution in [0.25, 0.3) is 0 Å². The largest absolute Gasteiger partial charge is 0.358 e. The lowest BCUT2D eigenvalue weighted by Crippen LogP contribution is -2.24. The fraction of sp³-hybridized carbons (Fsp3) is 0.714. The second-order valence-electron chi connectivity index (χ2n) is 2.81. The van der Waals surface area contributed by atoms with Crippen molar-refractivity contribution in [3.05, 3.63) is 6.33 Å².